The van der Waals surface area contributed by atoms with Gasteiger partial charge in [-0.3, -0.25) is 0 Å². The van der Waals surface area contributed by atoms with Gasteiger partial charge in [-0.15, -0.1) is 0 Å². The molecule has 1 aliphatic carbocycles. The topological polar surface area (TPSA) is 55.4 Å². The van der Waals surface area contributed by atoms with Gasteiger partial charge in [0.2, 0.25) is 0 Å². The first-order valence-electron chi connectivity index (χ1n) is 10.5. The number of ether oxygens (including phenoxy) is 6. The molecule has 0 unspecified atom stereocenters. The summed E-state index contributed by atoms with van der Waals surface area (Å²) >= 11 is 0. The van der Waals surface area contributed by atoms with E-state index in [1.807, 2.05) is 24.3 Å². The zero-order valence-electron chi connectivity index (χ0n) is 19.6. The van der Waals surface area contributed by atoms with Gasteiger partial charge in [0.15, 0.2) is 23.0 Å². The minimum atomic E-state index is 0.454. The van der Waals surface area contributed by atoms with Crippen molar-refractivity contribution in [1.29, 1.82) is 0 Å². The first-order valence-corrected chi connectivity index (χ1v) is 10.5. The van der Waals surface area contributed by atoms with Crippen LogP contribution in [-0.4, -0.2) is 42.7 Å². The SMILES string of the molecule is COc1cc(OC)c(OC)cc1C=C[C@@H]1CC[C@@H]1C=Cc1cc(OC)c(OC)cc1OC. The van der Waals surface area contributed by atoms with Crippen LogP contribution in [0.5, 0.6) is 34.5 Å². The van der Waals surface area contributed by atoms with E-state index in [0.29, 0.717) is 34.8 Å². The molecule has 0 amide bonds. The smallest absolute Gasteiger partial charge is 0.164 e. The molecule has 0 aliphatic heterocycles. The van der Waals surface area contributed by atoms with Gasteiger partial charge in [0.05, 0.1) is 42.7 Å². The minimum Gasteiger partial charge on any atom is -0.496 e. The van der Waals surface area contributed by atoms with Gasteiger partial charge < -0.3 is 28.4 Å². The van der Waals surface area contributed by atoms with Gasteiger partial charge >= 0.3 is 0 Å². The molecule has 1 saturated carbocycles. The standard InChI is InChI=1S/C26H32O6/c1-27-21-15-25(31-5)23(29-3)13-19(21)11-9-17-7-8-18(17)10-12-20-14-24(30-4)26(32-6)16-22(20)28-2/h9-18H,7-8H2,1-6H3/t17-,18+. The molecular formula is C26H32O6. The fraction of sp³-hybridized carbons (Fsp3) is 0.385. The zero-order chi connectivity index (χ0) is 23.1. The second-order valence-electron chi connectivity index (χ2n) is 7.52. The Morgan fingerprint density at radius 2 is 0.812 bits per heavy atom. The van der Waals surface area contributed by atoms with Crippen LogP contribution in [0.3, 0.4) is 0 Å². The molecule has 0 aromatic heterocycles. The normalized spacial score (nSPS) is 17.8. The van der Waals surface area contributed by atoms with Gasteiger partial charge in [0.25, 0.3) is 0 Å². The van der Waals surface area contributed by atoms with E-state index in [0.717, 1.165) is 35.5 Å². The summed E-state index contributed by atoms with van der Waals surface area (Å²) < 4.78 is 32.7. The van der Waals surface area contributed by atoms with Crippen LogP contribution in [0.2, 0.25) is 0 Å². The highest BCUT2D eigenvalue weighted by molar-refractivity contribution is 5.65. The summed E-state index contributed by atoms with van der Waals surface area (Å²) in [5, 5.41) is 0. The molecular weight excluding hydrogens is 408 g/mol. The molecule has 0 saturated heterocycles. The molecule has 0 heterocycles. The van der Waals surface area contributed by atoms with E-state index < -0.39 is 0 Å². The maximum absolute atomic E-state index is 5.53. The van der Waals surface area contributed by atoms with Gasteiger partial charge in [-0.2, -0.15) is 0 Å². The average molecular weight is 441 g/mol. The van der Waals surface area contributed by atoms with Crippen molar-refractivity contribution in [3.8, 4) is 34.5 Å². The Morgan fingerprint density at radius 3 is 1.09 bits per heavy atom. The van der Waals surface area contributed by atoms with Crippen LogP contribution in [0.25, 0.3) is 12.2 Å². The number of allylic oxidation sites excluding steroid dienone is 2. The first kappa shape index (κ1) is 23.4. The molecule has 0 radical (unpaired) electrons. The third-order valence-corrected chi connectivity index (χ3v) is 5.90. The molecule has 1 fully saturated rings. The maximum atomic E-state index is 5.53. The largest absolute Gasteiger partial charge is 0.496 e. The molecule has 3 rings (SSSR count). The number of hydrogen-bond donors (Lipinski definition) is 0. The first-order chi connectivity index (χ1) is 15.6. The van der Waals surface area contributed by atoms with Crippen LogP contribution in [0, 0.1) is 11.8 Å². The van der Waals surface area contributed by atoms with Crippen LogP contribution in [0.1, 0.15) is 24.0 Å². The Morgan fingerprint density at radius 1 is 0.500 bits per heavy atom. The molecule has 6 nitrogen and oxygen atoms in total. The lowest BCUT2D eigenvalue weighted by molar-refractivity contribution is 0.288. The fourth-order valence-corrected chi connectivity index (χ4v) is 3.85. The van der Waals surface area contributed by atoms with Crippen LogP contribution in [0.4, 0.5) is 0 Å². The fourth-order valence-electron chi connectivity index (χ4n) is 3.85. The van der Waals surface area contributed by atoms with Crippen molar-refractivity contribution in [2.45, 2.75) is 12.8 Å². The minimum absolute atomic E-state index is 0.454. The van der Waals surface area contributed by atoms with Crippen molar-refractivity contribution < 1.29 is 28.4 Å². The lowest BCUT2D eigenvalue weighted by Gasteiger charge is -2.32. The van der Waals surface area contributed by atoms with Crippen molar-refractivity contribution >= 4 is 12.2 Å². The van der Waals surface area contributed by atoms with E-state index in [4.69, 9.17) is 28.4 Å². The number of hydrogen-bond acceptors (Lipinski definition) is 6. The third kappa shape index (κ3) is 4.96. The number of benzene rings is 2. The molecule has 2 atom stereocenters. The van der Waals surface area contributed by atoms with Crippen LogP contribution in [0.15, 0.2) is 36.4 Å². The quantitative estimate of drug-likeness (QED) is 0.487. The van der Waals surface area contributed by atoms with Gasteiger partial charge in [-0.05, 0) is 36.8 Å². The highest BCUT2D eigenvalue weighted by Gasteiger charge is 2.26. The Balaban J connectivity index is 1.77. The van der Waals surface area contributed by atoms with Crippen LogP contribution < -0.4 is 28.4 Å². The molecule has 6 heteroatoms. The van der Waals surface area contributed by atoms with E-state index in [-0.39, 0.29) is 0 Å². The van der Waals surface area contributed by atoms with Crippen LogP contribution >= 0.6 is 0 Å². The van der Waals surface area contributed by atoms with Crippen LogP contribution in [-0.2, 0) is 0 Å². The lowest BCUT2D eigenvalue weighted by atomic mass is 9.73. The van der Waals surface area contributed by atoms with Gasteiger partial charge in [-0.25, -0.2) is 0 Å². The third-order valence-electron chi connectivity index (χ3n) is 5.90. The van der Waals surface area contributed by atoms with Gasteiger partial charge in [0, 0.05) is 23.3 Å². The van der Waals surface area contributed by atoms with E-state index in [1.165, 1.54) is 0 Å². The van der Waals surface area contributed by atoms with E-state index in [9.17, 15) is 0 Å². The van der Waals surface area contributed by atoms with E-state index in [1.54, 1.807) is 42.7 Å². The molecule has 1 aliphatic rings. The summed E-state index contributed by atoms with van der Waals surface area (Å²) in [5.74, 6) is 5.06. The van der Waals surface area contributed by atoms with Crippen molar-refractivity contribution in [1.82, 2.24) is 0 Å². The summed E-state index contributed by atoms with van der Waals surface area (Å²) in [4.78, 5) is 0. The summed E-state index contributed by atoms with van der Waals surface area (Å²) in [6.45, 7) is 0. The summed E-state index contributed by atoms with van der Waals surface area (Å²) in [5.41, 5.74) is 1.92. The molecule has 32 heavy (non-hydrogen) atoms. The van der Waals surface area contributed by atoms with Gasteiger partial charge in [0.1, 0.15) is 11.5 Å². The number of methoxy groups -OCH3 is 6. The Hall–Kier alpha value is -3.28. The molecule has 0 N–H and O–H groups in total. The van der Waals surface area contributed by atoms with Gasteiger partial charge in [-0.1, -0.05) is 24.3 Å². The summed E-state index contributed by atoms with van der Waals surface area (Å²) in [6.07, 6.45) is 11.0. The summed E-state index contributed by atoms with van der Waals surface area (Å²) in [6, 6.07) is 7.57. The molecule has 0 spiro atoms. The Bertz CT molecular complexity index is 899. The van der Waals surface area contributed by atoms with E-state index >= 15 is 0 Å². The highest BCUT2D eigenvalue weighted by atomic mass is 16.5. The molecule has 2 aromatic carbocycles. The maximum Gasteiger partial charge on any atom is 0.164 e. The zero-order valence-corrected chi connectivity index (χ0v) is 19.6. The highest BCUT2D eigenvalue weighted by Crippen LogP contribution is 2.41. The molecule has 172 valence electrons. The van der Waals surface area contributed by atoms with E-state index in [2.05, 4.69) is 24.3 Å². The predicted molar refractivity (Wildman–Crippen MR) is 126 cm³/mol. The van der Waals surface area contributed by atoms with Crippen molar-refractivity contribution in [3.63, 3.8) is 0 Å². The van der Waals surface area contributed by atoms with Crippen molar-refractivity contribution in [2.24, 2.45) is 11.8 Å². The Labute approximate surface area is 190 Å². The Kier molecular flexibility index (Phi) is 7.92. The summed E-state index contributed by atoms with van der Waals surface area (Å²) in [7, 11) is 9.81. The molecule has 2 aromatic rings. The second kappa shape index (κ2) is 10.8. The van der Waals surface area contributed by atoms with Crippen molar-refractivity contribution in [3.05, 3.63) is 47.5 Å². The molecule has 0 bridgehead atoms. The second-order valence-corrected chi connectivity index (χ2v) is 7.52. The average Bonchev–Trinajstić information content (AvgIpc) is 2.82. The lowest BCUT2D eigenvalue weighted by Crippen LogP contribution is -2.21. The monoisotopic (exact) mass is 440 g/mol. The number of rotatable bonds is 10. The predicted octanol–water partition coefficient (Wildman–Crippen LogP) is 5.49. The van der Waals surface area contributed by atoms with Crippen molar-refractivity contribution in [2.75, 3.05) is 42.7 Å².